The van der Waals surface area contributed by atoms with E-state index in [1.807, 2.05) is 24.3 Å². The number of halogens is 2. The van der Waals surface area contributed by atoms with Crippen LogP contribution in [-0.2, 0) is 11.3 Å². The highest BCUT2D eigenvalue weighted by Crippen LogP contribution is 2.20. The Hall–Kier alpha value is -1.05. The molecule has 0 amide bonds. The van der Waals surface area contributed by atoms with E-state index in [0.29, 0.717) is 11.2 Å². The zero-order valence-corrected chi connectivity index (χ0v) is 11.7. The van der Waals surface area contributed by atoms with Crippen LogP contribution in [0.25, 0.3) is 0 Å². The van der Waals surface area contributed by atoms with Crippen molar-refractivity contribution in [1.82, 2.24) is 16.0 Å². The van der Waals surface area contributed by atoms with Crippen LogP contribution in [-0.4, -0.2) is 16.1 Å². The molecule has 1 aromatic carbocycles. The first-order chi connectivity index (χ1) is 8.08. The molecule has 0 aliphatic carbocycles. The first-order valence-electron chi connectivity index (χ1n) is 4.74. The number of aliphatic carboxylic acids is 1. The summed E-state index contributed by atoms with van der Waals surface area (Å²) >= 11 is 6.50. The molecule has 2 rings (SSSR count). The van der Waals surface area contributed by atoms with Gasteiger partial charge in [-0.2, -0.15) is 0 Å². The Morgan fingerprint density at radius 1 is 1.29 bits per heavy atom. The summed E-state index contributed by atoms with van der Waals surface area (Å²) in [6, 6.07) is 7.69. The maximum atomic E-state index is 11.0. The molecule has 0 atom stereocenters. The average molecular weight is 363 g/mol. The number of benzene rings is 1. The molecule has 0 saturated carbocycles. The number of hydrazine groups is 2. The third-order valence-corrected chi connectivity index (χ3v) is 3.34. The van der Waals surface area contributed by atoms with Gasteiger partial charge in [0.2, 0.25) is 0 Å². The second kappa shape index (κ2) is 5.07. The van der Waals surface area contributed by atoms with Crippen molar-refractivity contribution in [3.8, 4) is 0 Å². The van der Waals surface area contributed by atoms with Gasteiger partial charge in [-0.3, -0.25) is 10.4 Å². The van der Waals surface area contributed by atoms with E-state index in [-0.39, 0.29) is 5.70 Å². The number of carbonyl (C=O) groups is 1. The molecular weight excluding hydrogens is 354 g/mol. The van der Waals surface area contributed by atoms with Crippen LogP contribution in [0.1, 0.15) is 5.56 Å². The minimum Gasteiger partial charge on any atom is -0.476 e. The summed E-state index contributed by atoms with van der Waals surface area (Å²) in [7, 11) is 0. The Labute approximate surface area is 115 Å². The van der Waals surface area contributed by atoms with Gasteiger partial charge in [0.25, 0.3) is 0 Å². The molecule has 1 heterocycles. The second-order valence-electron chi connectivity index (χ2n) is 3.42. The van der Waals surface area contributed by atoms with Crippen LogP contribution in [0.5, 0.6) is 0 Å². The van der Waals surface area contributed by atoms with Crippen molar-refractivity contribution < 1.29 is 9.90 Å². The summed E-state index contributed by atoms with van der Waals surface area (Å²) in [5, 5.41) is 10.6. The van der Waals surface area contributed by atoms with Crippen molar-refractivity contribution in [2.75, 3.05) is 0 Å². The van der Waals surface area contributed by atoms with E-state index in [1.165, 1.54) is 5.01 Å². The quantitative estimate of drug-likeness (QED) is 0.717. The molecule has 7 heteroatoms. The van der Waals surface area contributed by atoms with Gasteiger partial charge >= 0.3 is 5.97 Å². The number of nitrogens with zero attached hydrogens (tertiary/aromatic N) is 1. The van der Waals surface area contributed by atoms with E-state index < -0.39 is 5.97 Å². The number of nitrogens with one attached hydrogen (secondary N) is 2. The summed E-state index contributed by atoms with van der Waals surface area (Å²) in [4.78, 5) is 11.0. The van der Waals surface area contributed by atoms with E-state index in [2.05, 4.69) is 42.8 Å². The minimum absolute atomic E-state index is 0.160. The smallest absolute Gasteiger partial charge is 0.356 e. The van der Waals surface area contributed by atoms with E-state index in [0.717, 1.165) is 10.0 Å². The molecule has 17 heavy (non-hydrogen) atoms. The second-order valence-corrected chi connectivity index (χ2v) is 5.13. The predicted molar refractivity (Wildman–Crippen MR) is 69.5 cm³/mol. The van der Waals surface area contributed by atoms with E-state index in [9.17, 15) is 4.79 Å². The maximum Gasteiger partial charge on any atom is 0.356 e. The topological polar surface area (TPSA) is 64.6 Å². The Balaban J connectivity index is 2.15. The van der Waals surface area contributed by atoms with E-state index in [1.54, 1.807) is 0 Å². The van der Waals surface area contributed by atoms with Crippen molar-refractivity contribution in [3.63, 3.8) is 0 Å². The zero-order valence-electron chi connectivity index (χ0n) is 8.58. The highest BCUT2D eigenvalue weighted by atomic mass is 79.9. The molecule has 0 radical (unpaired) electrons. The average Bonchev–Trinajstić information content (AvgIpc) is 2.63. The molecule has 0 spiro atoms. The number of carboxylic acid groups (broad SMARTS) is 1. The predicted octanol–water partition coefficient (Wildman–Crippen LogP) is 1.92. The Kier molecular flexibility index (Phi) is 3.70. The number of rotatable bonds is 3. The Morgan fingerprint density at radius 2 is 1.94 bits per heavy atom. The lowest BCUT2D eigenvalue weighted by Gasteiger charge is -2.18. The van der Waals surface area contributed by atoms with Gasteiger partial charge in [-0.1, -0.05) is 28.1 Å². The van der Waals surface area contributed by atoms with Crippen molar-refractivity contribution in [1.29, 1.82) is 0 Å². The summed E-state index contributed by atoms with van der Waals surface area (Å²) < 4.78 is 1.41. The molecule has 1 aliphatic heterocycles. The maximum absolute atomic E-state index is 11.0. The highest BCUT2D eigenvalue weighted by molar-refractivity contribution is 9.11. The molecular formula is C10H9Br2N3O2. The van der Waals surface area contributed by atoms with Crippen molar-refractivity contribution in [3.05, 3.63) is 44.6 Å². The van der Waals surface area contributed by atoms with Gasteiger partial charge in [0.15, 0.2) is 5.70 Å². The SMILES string of the molecule is O=C(O)C1=C(Br)NNN1Cc1ccc(Br)cc1. The van der Waals surface area contributed by atoms with Crippen LogP contribution in [0, 0.1) is 0 Å². The van der Waals surface area contributed by atoms with Gasteiger partial charge in [-0.05, 0) is 33.6 Å². The summed E-state index contributed by atoms with van der Waals surface area (Å²) in [5.74, 6) is -0.994. The lowest BCUT2D eigenvalue weighted by atomic mass is 10.2. The third-order valence-electron chi connectivity index (χ3n) is 2.23. The monoisotopic (exact) mass is 361 g/mol. The highest BCUT2D eigenvalue weighted by Gasteiger charge is 2.26. The number of carboxylic acids is 1. The third kappa shape index (κ3) is 2.80. The van der Waals surface area contributed by atoms with Crippen molar-refractivity contribution in [2.24, 2.45) is 0 Å². The first-order valence-corrected chi connectivity index (χ1v) is 6.33. The van der Waals surface area contributed by atoms with Crippen LogP contribution < -0.4 is 11.0 Å². The van der Waals surface area contributed by atoms with Gasteiger partial charge in [0, 0.05) is 4.47 Å². The zero-order chi connectivity index (χ0) is 12.4. The lowest BCUT2D eigenvalue weighted by Crippen LogP contribution is -2.38. The number of hydrogen-bond acceptors (Lipinski definition) is 4. The molecule has 90 valence electrons. The van der Waals surface area contributed by atoms with Crippen molar-refractivity contribution in [2.45, 2.75) is 6.54 Å². The van der Waals surface area contributed by atoms with Crippen LogP contribution in [0.2, 0.25) is 0 Å². The minimum atomic E-state index is -0.994. The molecule has 0 unspecified atom stereocenters. The Bertz CT molecular complexity index is 473. The summed E-state index contributed by atoms with van der Waals surface area (Å²) in [5.41, 5.74) is 6.65. The fourth-order valence-electron chi connectivity index (χ4n) is 1.45. The van der Waals surface area contributed by atoms with Gasteiger partial charge < -0.3 is 5.11 Å². The lowest BCUT2D eigenvalue weighted by molar-refractivity contribution is -0.134. The largest absolute Gasteiger partial charge is 0.476 e. The molecule has 3 N–H and O–H groups in total. The number of hydrogen-bond donors (Lipinski definition) is 3. The van der Waals surface area contributed by atoms with Gasteiger partial charge in [-0.15, -0.1) is 5.53 Å². The van der Waals surface area contributed by atoms with Crippen LogP contribution >= 0.6 is 31.9 Å². The summed E-state index contributed by atoms with van der Waals surface area (Å²) in [6.07, 6.45) is 0. The van der Waals surface area contributed by atoms with Gasteiger partial charge in [-0.25, -0.2) is 4.79 Å². The van der Waals surface area contributed by atoms with Crippen LogP contribution in [0.3, 0.4) is 0 Å². The molecule has 0 aromatic heterocycles. The normalized spacial score (nSPS) is 15.1. The van der Waals surface area contributed by atoms with Crippen molar-refractivity contribution >= 4 is 37.8 Å². The van der Waals surface area contributed by atoms with Crippen LogP contribution in [0.15, 0.2) is 39.0 Å². The molecule has 5 nitrogen and oxygen atoms in total. The first kappa shape index (κ1) is 12.4. The molecule has 1 aromatic rings. The van der Waals surface area contributed by atoms with Crippen LogP contribution in [0.4, 0.5) is 0 Å². The fourth-order valence-corrected chi connectivity index (χ4v) is 2.19. The Morgan fingerprint density at radius 3 is 2.53 bits per heavy atom. The molecule has 0 fully saturated rings. The van der Waals surface area contributed by atoms with E-state index >= 15 is 0 Å². The van der Waals surface area contributed by atoms with E-state index in [4.69, 9.17) is 5.11 Å². The standard InChI is InChI=1S/C10H9Br2N3O2/c11-7-3-1-6(2-4-7)5-15-8(10(16)17)9(12)13-14-15/h1-4,13-14H,5H2,(H,16,17). The summed E-state index contributed by atoms with van der Waals surface area (Å²) in [6.45, 7) is 0.455. The molecule has 1 aliphatic rings. The molecule has 0 saturated heterocycles. The molecule has 0 bridgehead atoms. The van der Waals surface area contributed by atoms with Gasteiger partial charge in [0.05, 0.1) is 6.54 Å². The van der Waals surface area contributed by atoms with Gasteiger partial charge in [0.1, 0.15) is 4.61 Å². The fraction of sp³-hybridized carbons (Fsp3) is 0.100.